The molecule has 4 rings (SSSR count). The lowest BCUT2D eigenvalue weighted by Gasteiger charge is -2.31. The van der Waals surface area contributed by atoms with Crippen molar-refractivity contribution in [3.8, 4) is 0 Å². The van der Waals surface area contributed by atoms with Crippen molar-refractivity contribution in [2.75, 3.05) is 18.4 Å². The number of amides is 1. The van der Waals surface area contributed by atoms with Gasteiger partial charge in [0.1, 0.15) is 12.1 Å². The van der Waals surface area contributed by atoms with Gasteiger partial charge in [-0.25, -0.2) is 23.7 Å². The maximum atomic E-state index is 13.4. The van der Waals surface area contributed by atoms with Crippen LogP contribution in [0.5, 0.6) is 0 Å². The zero-order valence-corrected chi connectivity index (χ0v) is 14.5. The molecule has 4 heterocycles. The van der Waals surface area contributed by atoms with E-state index in [0.717, 1.165) is 5.52 Å². The first-order valence-electron chi connectivity index (χ1n) is 8.65. The fourth-order valence-electron chi connectivity index (χ4n) is 3.17. The molecule has 27 heavy (non-hydrogen) atoms. The first-order valence-corrected chi connectivity index (χ1v) is 8.65. The van der Waals surface area contributed by atoms with Crippen molar-refractivity contribution in [3.63, 3.8) is 0 Å². The molecule has 1 fully saturated rings. The quantitative estimate of drug-likeness (QED) is 0.762. The molecular weight excluding hydrogens is 354 g/mol. The highest BCUT2D eigenvalue weighted by atomic mass is 19.3. The Hall–Kier alpha value is -2.94. The van der Waals surface area contributed by atoms with E-state index in [0.29, 0.717) is 31.1 Å². The molecule has 9 heteroatoms. The molecule has 1 aliphatic rings. The van der Waals surface area contributed by atoms with E-state index in [-0.39, 0.29) is 18.7 Å². The molecular formula is C18H18F2N6O. The Bertz CT molecular complexity index is 949. The van der Waals surface area contributed by atoms with Crippen LogP contribution < -0.4 is 5.32 Å². The number of pyridine rings is 1. The van der Waals surface area contributed by atoms with Crippen molar-refractivity contribution in [2.45, 2.75) is 25.3 Å². The minimum absolute atomic E-state index is 0.153. The monoisotopic (exact) mass is 372 g/mol. The van der Waals surface area contributed by atoms with E-state index >= 15 is 0 Å². The van der Waals surface area contributed by atoms with Crippen LogP contribution in [-0.4, -0.2) is 49.2 Å². The summed E-state index contributed by atoms with van der Waals surface area (Å²) in [5, 5.41) is 2.69. The van der Waals surface area contributed by atoms with Crippen molar-refractivity contribution in [1.82, 2.24) is 24.3 Å². The number of halogens is 2. The molecule has 7 nitrogen and oxygen atoms in total. The molecule has 0 radical (unpaired) electrons. The Labute approximate surface area is 154 Å². The predicted molar refractivity (Wildman–Crippen MR) is 94.6 cm³/mol. The number of piperidine rings is 1. The molecule has 140 valence electrons. The van der Waals surface area contributed by atoms with E-state index in [1.54, 1.807) is 22.7 Å². The Kier molecular flexibility index (Phi) is 4.53. The van der Waals surface area contributed by atoms with Crippen molar-refractivity contribution in [1.29, 1.82) is 0 Å². The molecule has 3 aromatic rings. The summed E-state index contributed by atoms with van der Waals surface area (Å²) in [6.45, 7) is 1.03. The molecule has 0 atom stereocenters. The minimum Gasteiger partial charge on any atom is -0.304 e. The van der Waals surface area contributed by atoms with Crippen LogP contribution in [0.2, 0.25) is 0 Å². The summed E-state index contributed by atoms with van der Waals surface area (Å²) < 4.78 is 28.5. The number of likely N-dealkylation sites (tertiary alicyclic amines) is 1. The standard InChI is InChI=1S/C18H18F2N6O/c19-18(20)5-9-25(10-6-18)11-13-14-3-1-2-8-26(14)16(23-13)17(27)24-15-4-7-21-12-22-15/h1-4,7-8,12H,5-6,9-11H2,(H,21,22,24,27). The lowest BCUT2D eigenvalue weighted by molar-refractivity contribution is -0.0567. The number of fused-ring (bicyclic) bond motifs is 1. The predicted octanol–water partition coefficient (Wildman–Crippen LogP) is 2.61. The summed E-state index contributed by atoms with van der Waals surface area (Å²) in [6.07, 6.45) is 4.32. The molecule has 0 bridgehead atoms. The van der Waals surface area contributed by atoms with Gasteiger partial charge >= 0.3 is 0 Å². The number of carbonyl (C=O) groups is 1. The third-order valence-corrected chi connectivity index (χ3v) is 4.61. The van der Waals surface area contributed by atoms with Gasteiger partial charge < -0.3 is 5.32 Å². The highest BCUT2D eigenvalue weighted by molar-refractivity contribution is 6.02. The first kappa shape index (κ1) is 17.5. The van der Waals surface area contributed by atoms with E-state index in [1.807, 2.05) is 17.0 Å². The molecule has 0 aliphatic carbocycles. The highest BCUT2D eigenvalue weighted by Gasteiger charge is 2.34. The van der Waals surface area contributed by atoms with Crippen LogP contribution in [-0.2, 0) is 6.54 Å². The smallest absolute Gasteiger partial charge is 0.293 e. The van der Waals surface area contributed by atoms with E-state index in [9.17, 15) is 13.6 Å². The molecule has 0 unspecified atom stereocenters. The Balaban J connectivity index is 1.58. The summed E-state index contributed by atoms with van der Waals surface area (Å²) in [4.78, 5) is 26.9. The van der Waals surface area contributed by atoms with E-state index in [1.165, 1.54) is 12.5 Å². The topological polar surface area (TPSA) is 75.4 Å². The summed E-state index contributed by atoms with van der Waals surface area (Å²) >= 11 is 0. The number of imidazole rings is 1. The van der Waals surface area contributed by atoms with Crippen molar-refractivity contribution in [3.05, 3.63) is 54.5 Å². The van der Waals surface area contributed by atoms with Gasteiger partial charge in [-0.05, 0) is 18.2 Å². The first-order chi connectivity index (χ1) is 13.0. The number of nitrogens with zero attached hydrogens (tertiary/aromatic N) is 5. The van der Waals surface area contributed by atoms with Gasteiger partial charge in [-0.3, -0.25) is 14.1 Å². The molecule has 1 amide bonds. The molecule has 0 aromatic carbocycles. The van der Waals surface area contributed by atoms with Crippen molar-refractivity contribution < 1.29 is 13.6 Å². The van der Waals surface area contributed by atoms with Crippen LogP contribution in [0.15, 0.2) is 43.0 Å². The number of hydrogen-bond acceptors (Lipinski definition) is 5. The van der Waals surface area contributed by atoms with Crippen LogP contribution in [0.4, 0.5) is 14.6 Å². The van der Waals surface area contributed by atoms with E-state index in [2.05, 4.69) is 20.3 Å². The number of carbonyl (C=O) groups excluding carboxylic acids is 1. The van der Waals surface area contributed by atoms with Crippen LogP contribution >= 0.6 is 0 Å². The van der Waals surface area contributed by atoms with Crippen LogP contribution in [0.1, 0.15) is 29.2 Å². The van der Waals surface area contributed by atoms with Gasteiger partial charge in [0.2, 0.25) is 5.82 Å². The lowest BCUT2D eigenvalue weighted by atomic mass is 10.1. The van der Waals surface area contributed by atoms with Gasteiger partial charge in [0.15, 0.2) is 0 Å². The third-order valence-electron chi connectivity index (χ3n) is 4.61. The second-order valence-electron chi connectivity index (χ2n) is 6.52. The fourth-order valence-corrected chi connectivity index (χ4v) is 3.17. The number of anilines is 1. The third kappa shape index (κ3) is 3.77. The van der Waals surface area contributed by atoms with Gasteiger partial charge in [0, 0.05) is 44.9 Å². The van der Waals surface area contributed by atoms with E-state index in [4.69, 9.17) is 0 Å². The summed E-state index contributed by atoms with van der Waals surface area (Å²) in [5.41, 5.74) is 1.47. The van der Waals surface area contributed by atoms with Gasteiger partial charge in [-0.1, -0.05) is 6.07 Å². The van der Waals surface area contributed by atoms with Crippen molar-refractivity contribution >= 4 is 17.2 Å². The van der Waals surface area contributed by atoms with Gasteiger partial charge in [0.05, 0.1) is 11.2 Å². The number of hydrogen-bond donors (Lipinski definition) is 1. The molecule has 0 spiro atoms. The molecule has 3 aromatic heterocycles. The van der Waals surface area contributed by atoms with Crippen LogP contribution in [0, 0.1) is 0 Å². The maximum absolute atomic E-state index is 13.4. The van der Waals surface area contributed by atoms with Gasteiger partial charge in [0.25, 0.3) is 11.8 Å². The van der Waals surface area contributed by atoms with Crippen molar-refractivity contribution in [2.24, 2.45) is 0 Å². The number of alkyl halides is 2. The Morgan fingerprint density at radius 2 is 2.04 bits per heavy atom. The number of aromatic nitrogens is 4. The number of nitrogens with one attached hydrogen (secondary N) is 1. The SMILES string of the molecule is O=C(Nc1ccncn1)c1nc(CN2CCC(F)(F)CC2)c2ccccn12. The second-order valence-corrected chi connectivity index (χ2v) is 6.52. The Morgan fingerprint density at radius 1 is 1.22 bits per heavy atom. The summed E-state index contributed by atoms with van der Waals surface area (Å²) in [6, 6.07) is 7.11. The molecule has 0 saturated carbocycles. The Morgan fingerprint density at radius 3 is 2.78 bits per heavy atom. The van der Waals surface area contributed by atoms with Crippen LogP contribution in [0.25, 0.3) is 5.52 Å². The normalized spacial score (nSPS) is 17.1. The molecule has 1 aliphatic heterocycles. The minimum atomic E-state index is -2.59. The second kappa shape index (κ2) is 6.99. The fraction of sp³-hybridized carbons (Fsp3) is 0.333. The molecule has 1 N–H and O–H groups in total. The average molecular weight is 372 g/mol. The average Bonchev–Trinajstić information content (AvgIpc) is 3.03. The van der Waals surface area contributed by atoms with Gasteiger partial charge in [-0.15, -0.1) is 0 Å². The molecule has 1 saturated heterocycles. The van der Waals surface area contributed by atoms with E-state index < -0.39 is 11.8 Å². The lowest BCUT2D eigenvalue weighted by Crippen LogP contribution is -2.38. The largest absolute Gasteiger partial charge is 0.304 e. The maximum Gasteiger partial charge on any atom is 0.293 e. The highest BCUT2D eigenvalue weighted by Crippen LogP contribution is 2.28. The zero-order chi connectivity index (χ0) is 18.9. The number of rotatable bonds is 4. The summed E-state index contributed by atoms with van der Waals surface area (Å²) in [7, 11) is 0. The summed E-state index contributed by atoms with van der Waals surface area (Å²) in [5.74, 6) is -2.38. The van der Waals surface area contributed by atoms with Crippen LogP contribution in [0.3, 0.4) is 0 Å². The van der Waals surface area contributed by atoms with Gasteiger partial charge in [-0.2, -0.15) is 0 Å². The zero-order valence-electron chi connectivity index (χ0n) is 14.5.